The molecule has 5 nitrogen and oxygen atoms in total. The molecule has 162 valence electrons. The monoisotopic (exact) mass is 425 g/mol. The standard InChI is InChI=1S/C21H23F4N3O2/c1-12(14-5-7-17(26-2)16(22)9-14)19(29)27-10-15-6-8-18(21(23,24)25)28-20(15)30-11-13-3-4-13/h5-9,12-13,26H,3-4,10-11H2,1-2H3,(H,27,29). The lowest BCUT2D eigenvalue weighted by Gasteiger charge is -2.16. The van der Waals surface area contributed by atoms with Crippen LogP contribution in [0.5, 0.6) is 5.88 Å². The van der Waals surface area contributed by atoms with Crippen LogP contribution in [0.4, 0.5) is 23.2 Å². The molecule has 2 aromatic rings. The van der Waals surface area contributed by atoms with E-state index in [0.29, 0.717) is 29.3 Å². The van der Waals surface area contributed by atoms with Gasteiger partial charge in [-0.1, -0.05) is 6.07 Å². The normalized spacial score (nSPS) is 14.9. The largest absolute Gasteiger partial charge is 0.477 e. The lowest BCUT2D eigenvalue weighted by Crippen LogP contribution is -2.28. The highest BCUT2D eigenvalue weighted by atomic mass is 19.4. The molecule has 2 N–H and O–H groups in total. The van der Waals surface area contributed by atoms with E-state index < -0.39 is 23.6 Å². The van der Waals surface area contributed by atoms with Gasteiger partial charge in [-0.25, -0.2) is 9.37 Å². The Kier molecular flexibility index (Phi) is 6.48. The first-order valence-electron chi connectivity index (χ1n) is 9.64. The number of alkyl halides is 3. The van der Waals surface area contributed by atoms with Crippen LogP contribution >= 0.6 is 0 Å². The van der Waals surface area contributed by atoms with E-state index in [2.05, 4.69) is 15.6 Å². The Morgan fingerprint density at radius 3 is 2.60 bits per heavy atom. The minimum Gasteiger partial charge on any atom is -0.477 e. The van der Waals surface area contributed by atoms with Crippen molar-refractivity contribution in [3.63, 3.8) is 0 Å². The van der Waals surface area contributed by atoms with Crippen LogP contribution in [0.25, 0.3) is 0 Å². The van der Waals surface area contributed by atoms with E-state index in [0.717, 1.165) is 18.9 Å². The smallest absolute Gasteiger partial charge is 0.433 e. The van der Waals surface area contributed by atoms with E-state index in [9.17, 15) is 22.4 Å². The third kappa shape index (κ3) is 5.40. The number of pyridine rings is 1. The average molecular weight is 425 g/mol. The zero-order valence-electron chi connectivity index (χ0n) is 16.6. The van der Waals surface area contributed by atoms with Gasteiger partial charge in [-0.05, 0) is 55.5 Å². The maximum absolute atomic E-state index is 14.0. The first-order valence-corrected chi connectivity index (χ1v) is 9.64. The molecule has 1 aliphatic carbocycles. The number of carbonyl (C=O) groups excluding carboxylic acids is 1. The third-order valence-electron chi connectivity index (χ3n) is 4.99. The summed E-state index contributed by atoms with van der Waals surface area (Å²) < 4.78 is 58.4. The van der Waals surface area contributed by atoms with Gasteiger partial charge in [0.25, 0.3) is 0 Å². The van der Waals surface area contributed by atoms with Gasteiger partial charge in [0, 0.05) is 19.2 Å². The number of nitrogens with one attached hydrogen (secondary N) is 2. The Hall–Kier alpha value is -2.84. The highest BCUT2D eigenvalue weighted by Gasteiger charge is 2.33. The molecule has 0 spiro atoms. The molecule has 0 bridgehead atoms. The van der Waals surface area contributed by atoms with Gasteiger partial charge in [0.2, 0.25) is 11.8 Å². The van der Waals surface area contributed by atoms with Gasteiger partial charge in [0.15, 0.2) is 0 Å². The minimum atomic E-state index is -4.59. The minimum absolute atomic E-state index is 0.0502. The first kappa shape index (κ1) is 21.9. The molecule has 1 heterocycles. The molecule has 1 fully saturated rings. The SMILES string of the molecule is CNc1ccc(C(C)C(=O)NCc2ccc(C(F)(F)F)nc2OCC2CC2)cc1F. The second-order valence-electron chi connectivity index (χ2n) is 7.34. The highest BCUT2D eigenvalue weighted by molar-refractivity contribution is 5.83. The summed E-state index contributed by atoms with van der Waals surface area (Å²) in [6.45, 7) is 1.87. The molecule has 1 aliphatic rings. The second-order valence-corrected chi connectivity index (χ2v) is 7.34. The van der Waals surface area contributed by atoms with Crippen molar-refractivity contribution in [1.29, 1.82) is 0 Å². The zero-order valence-corrected chi connectivity index (χ0v) is 16.6. The molecule has 3 rings (SSSR count). The number of aromatic nitrogens is 1. The van der Waals surface area contributed by atoms with Crippen LogP contribution in [0.1, 0.15) is 42.5 Å². The Labute approximate surface area is 171 Å². The quantitative estimate of drug-likeness (QED) is 0.612. The van der Waals surface area contributed by atoms with Gasteiger partial charge >= 0.3 is 6.18 Å². The lowest BCUT2D eigenvalue weighted by atomic mass is 9.99. The number of carbonyl (C=O) groups is 1. The number of amides is 1. The molecule has 0 aliphatic heterocycles. The number of benzene rings is 1. The fraction of sp³-hybridized carbons (Fsp3) is 0.429. The summed E-state index contributed by atoms with van der Waals surface area (Å²) in [5.41, 5.74) is 0.108. The van der Waals surface area contributed by atoms with E-state index in [1.807, 2.05) is 0 Å². The molecular weight excluding hydrogens is 402 g/mol. The van der Waals surface area contributed by atoms with Gasteiger partial charge in [0.05, 0.1) is 18.2 Å². The fourth-order valence-electron chi connectivity index (χ4n) is 2.86. The van der Waals surface area contributed by atoms with Crippen molar-refractivity contribution >= 4 is 11.6 Å². The van der Waals surface area contributed by atoms with Crippen molar-refractivity contribution in [3.05, 3.63) is 53.0 Å². The molecule has 0 radical (unpaired) electrons. The summed E-state index contributed by atoms with van der Waals surface area (Å²) in [4.78, 5) is 16.1. The van der Waals surface area contributed by atoms with Crippen molar-refractivity contribution in [1.82, 2.24) is 10.3 Å². The van der Waals surface area contributed by atoms with E-state index >= 15 is 0 Å². The number of hydrogen-bond donors (Lipinski definition) is 2. The fourth-order valence-corrected chi connectivity index (χ4v) is 2.86. The van der Waals surface area contributed by atoms with Crippen molar-refractivity contribution in [2.24, 2.45) is 5.92 Å². The number of anilines is 1. The molecule has 1 unspecified atom stereocenters. The average Bonchev–Trinajstić information content (AvgIpc) is 3.53. The Morgan fingerprint density at radius 2 is 2.00 bits per heavy atom. The summed E-state index contributed by atoms with van der Waals surface area (Å²) >= 11 is 0. The highest BCUT2D eigenvalue weighted by Crippen LogP contribution is 2.33. The molecule has 9 heteroatoms. The molecule has 1 atom stereocenters. The predicted octanol–water partition coefficient (Wildman–Crippen LogP) is 4.49. The third-order valence-corrected chi connectivity index (χ3v) is 4.99. The zero-order chi connectivity index (χ0) is 21.9. The molecule has 1 amide bonds. The number of nitrogens with zero attached hydrogens (tertiary/aromatic N) is 1. The van der Waals surface area contributed by atoms with Crippen molar-refractivity contribution < 1.29 is 27.1 Å². The van der Waals surface area contributed by atoms with E-state index in [4.69, 9.17) is 4.74 Å². The predicted molar refractivity (Wildman–Crippen MR) is 104 cm³/mol. The summed E-state index contributed by atoms with van der Waals surface area (Å²) in [5.74, 6) is -1.31. The lowest BCUT2D eigenvalue weighted by molar-refractivity contribution is -0.141. The number of ether oxygens (including phenoxy) is 1. The van der Waals surface area contributed by atoms with E-state index in [1.165, 1.54) is 18.2 Å². The topological polar surface area (TPSA) is 63.2 Å². The second kappa shape index (κ2) is 8.89. The van der Waals surface area contributed by atoms with Gasteiger partial charge in [-0.15, -0.1) is 0 Å². The Bertz CT molecular complexity index is 914. The van der Waals surface area contributed by atoms with Crippen molar-refractivity contribution in [3.8, 4) is 5.88 Å². The van der Waals surface area contributed by atoms with Gasteiger partial charge in [-0.2, -0.15) is 13.2 Å². The van der Waals surface area contributed by atoms with Gasteiger partial charge in [-0.3, -0.25) is 4.79 Å². The van der Waals surface area contributed by atoms with Crippen LogP contribution in [0.3, 0.4) is 0 Å². The number of hydrogen-bond acceptors (Lipinski definition) is 4. The van der Waals surface area contributed by atoms with Crippen LogP contribution < -0.4 is 15.4 Å². The molecule has 0 saturated heterocycles. The van der Waals surface area contributed by atoms with Gasteiger partial charge in [0.1, 0.15) is 11.5 Å². The van der Waals surface area contributed by atoms with Crippen LogP contribution in [-0.2, 0) is 17.5 Å². The maximum atomic E-state index is 14.0. The molecule has 1 saturated carbocycles. The summed E-state index contributed by atoms with van der Waals surface area (Å²) in [6.07, 6.45) is -2.63. The van der Waals surface area contributed by atoms with Crippen LogP contribution in [-0.4, -0.2) is 24.5 Å². The molecule has 30 heavy (non-hydrogen) atoms. The number of rotatable bonds is 8. The summed E-state index contributed by atoms with van der Waals surface area (Å²) in [7, 11) is 1.59. The maximum Gasteiger partial charge on any atom is 0.433 e. The van der Waals surface area contributed by atoms with E-state index in [1.54, 1.807) is 20.0 Å². The summed E-state index contributed by atoms with van der Waals surface area (Å²) in [5, 5.41) is 5.38. The number of halogens is 4. The van der Waals surface area contributed by atoms with Crippen LogP contribution in [0.2, 0.25) is 0 Å². The molecular formula is C21H23F4N3O2. The Morgan fingerprint density at radius 1 is 1.27 bits per heavy atom. The van der Waals surface area contributed by atoms with Gasteiger partial charge < -0.3 is 15.4 Å². The molecule has 1 aromatic carbocycles. The van der Waals surface area contributed by atoms with E-state index in [-0.39, 0.29) is 18.3 Å². The van der Waals surface area contributed by atoms with Crippen molar-refractivity contribution in [2.75, 3.05) is 19.0 Å². The summed E-state index contributed by atoms with van der Waals surface area (Å²) in [6, 6.07) is 6.58. The van der Waals surface area contributed by atoms with Crippen LogP contribution in [0, 0.1) is 11.7 Å². The van der Waals surface area contributed by atoms with Crippen molar-refractivity contribution in [2.45, 2.75) is 38.4 Å². The Balaban J connectivity index is 1.70. The molecule has 1 aromatic heterocycles. The first-order chi connectivity index (χ1) is 14.2. The van der Waals surface area contributed by atoms with Crippen LogP contribution in [0.15, 0.2) is 30.3 Å².